The van der Waals surface area contributed by atoms with E-state index in [0.29, 0.717) is 5.69 Å². The van der Waals surface area contributed by atoms with Crippen LogP contribution in [0.2, 0.25) is 0 Å². The van der Waals surface area contributed by atoms with E-state index in [2.05, 4.69) is 5.32 Å². The molecule has 98 valence electrons. The second-order valence-corrected chi connectivity index (χ2v) is 4.07. The summed E-state index contributed by atoms with van der Waals surface area (Å²) in [6.45, 7) is 2.04. The lowest BCUT2D eigenvalue weighted by Crippen LogP contribution is -1.99. The van der Waals surface area contributed by atoms with Crippen LogP contribution in [0.3, 0.4) is 0 Å². The molecule has 0 aliphatic heterocycles. The van der Waals surface area contributed by atoms with Crippen molar-refractivity contribution < 1.29 is 9.31 Å². The Morgan fingerprint density at radius 2 is 1.89 bits per heavy atom. The Kier molecular flexibility index (Phi) is 3.75. The first-order valence-corrected chi connectivity index (χ1v) is 5.90. The molecular formula is C14H13FN2O2. The quantitative estimate of drug-likeness (QED) is 0.666. The van der Waals surface area contributed by atoms with Crippen LogP contribution < -0.4 is 5.32 Å². The lowest BCUT2D eigenvalue weighted by molar-refractivity contribution is -0.386. The van der Waals surface area contributed by atoms with Gasteiger partial charge in [0.1, 0.15) is 5.69 Å². The summed E-state index contributed by atoms with van der Waals surface area (Å²) in [6.07, 6.45) is 0.917. The van der Waals surface area contributed by atoms with Gasteiger partial charge in [-0.25, -0.2) is 0 Å². The van der Waals surface area contributed by atoms with Crippen molar-refractivity contribution in [1.29, 1.82) is 0 Å². The molecule has 5 heteroatoms. The minimum absolute atomic E-state index is 0.147. The average Bonchev–Trinajstić information content (AvgIpc) is 2.39. The highest BCUT2D eigenvalue weighted by Crippen LogP contribution is 2.29. The van der Waals surface area contributed by atoms with Gasteiger partial charge in [0.2, 0.25) is 5.82 Å². The van der Waals surface area contributed by atoms with E-state index in [0.717, 1.165) is 12.5 Å². The topological polar surface area (TPSA) is 55.2 Å². The molecule has 0 aliphatic carbocycles. The summed E-state index contributed by atoms with van der Waals surface area (Å²) in [4.78, 5) is 10.1. The van der Waals surface area contributed by atoms with E-state index in [1.807, 2.05) is 31.2 Å². The van der Waals surface area contributed by atoms with Crippen molar-refractivity contribution in [3.8, 4) is 0 Å². The van der Waals surface area contributed by atoms with E-state index in [1.165, 1.54) is 17.7 Å². The molecule has 2 rings (SSSR count). The molecule has 0 unspecified atom stereocenters. The number of nitrogens with zero attached hydrogens (tertiary/aromatic N) is 1. The summed E-state index contributed by atoms with van der Waals surface area (Å²) in [5, 5.41) is 13.7. The zero-order valence-corrected chi connectivity index (χ0v) is 10.4. The molecule has 0 saturated heterocycles. The van der Waals surface area contributed by atoms with Gasteiger partial charge in [-0.1, -0.05) is 25.1 Å². The normalized spacial score (nSPS) is 10.2. The number of nitrogens with one attached hydrogen (secondary N) is 1. The summed E-state index contributed by atoms with van der Waals surface area (Å²) in [5.41, 5.74) is 1.46. The summed E-state index contributed by atoms with van der Waals surface area (Å²) in [5.74, 6) is -0.847. The van der Waals surface area contributed by atoms with Gasteiger partial charge in [0.15, 0.2) is 0 Å². The smallest absolute Gasteiger partial charge is 0.327 e. The zero-order valence-electron chi connectivity index (χ0n) is 10.4. The van der Waals surface area contributed by atoms with Gasteiger partial charge < -0.3 is 5.32 Å². The average molecular weight is 260 g/mol. The van der Waals surface area contributed by atoms with E-state index in [-0.39, 0.29) is 5.69 Å². The predicted molar refractivity (Wildman–Crippen MR) is 72.2 cm³/mol. The Morgan fingerprint density at radius 3 is 2.47 bits per heavy atom. The predicted octanol–water partition coefficient (Wildman–Crippen LogP) is 4.04. The maximum atomic E-state index is 13.4. The van der Waals surface area contributed by atoms with E-state index in [9.17, 15) is 14.5 Å². The molecular weight excluding hydrogens is 247 g/mol. The molecule has 0 amide bonds. The van der Waals surface area contributed by atoms with Crippen LogP contribution in [0.4, 0.5) is 21.5 Å². The molecule has 0 aliphatic rings. The van der Waals surface area contributed by atoms with Crippen molar-refractivity contribution in [3.05, 3.63) is 64.0 Å². The molecule has 0 fully saturated rings. The van der Waals surface area contributed by atoms with Gasteiger partial charge in [0.05, 0.1) is 4.92 Å². The van der Waals surface area contributed by atoms with Crippen molar-refractivity contribution in [2.24, 2.45) is 0 Å². The molecule has 0 saturated carbocycles. The van der Waals surface area contributed by atoms with Crippen LogP contribution in [0.5, 0.6) is 0 Å². The monoisotopic (exact) mass is 260 g/mol. The van der Waals surface area contributed by atoms with Gasteiger partial charge in [-0.05, 0) is 36.2 Å². The first-order chi connectivity index (χ1) is 9.11. The molecule has 2 aromatic carbocycles. The third kappa shape index (κ3) is 2.88. The molecule has 1 N–H and O–H groups in total. The Labute approximate surface area is 110 Å². The third-order valence-electron chi connectivity index (χ3n) is 2.81. The summed E-state index contributed by atoms with van der Waals surface area (Å²) >= 11 is 0. The number of hydrogen-bond donors (Lipinski definition) is 1. The summed E-state index contributed by atoms with van der Waals surface area (Å²) in [7, 11) is 0. The number of rotatable bonds is 4. The highest BCUT2D eigenvalue weighted by molar-refractivity contribution is 5.69. The van der Waals surface area contributed by atoms with E-state index in [1.54, 1.807) is 0 Å². The van der Waals surface area contributed by atoms with Crippen LogP contribution in [-0.2, 0) is 6.42 Å². The number of benzene rings is 2. The largest absolute Gasteiger partial charge is 0.350 e. The van der Waals surface area contributed by atoms with Crippen LogP contribution in [0, 0.1) is 15.9 Å². The SMILES string of the molecule is CCc1ccc(Nc2cccc(F)c2[N+](=O)[O-])cc1. The summed E-state index contributed by atoms with van der Waals surface area (Å²) < 4.78 is 13.4. The lowest BCUT2D eigenvalue weighted by Gasteiger charge is -2.08. The number of nitro benzene ring substituents is 1. The fourth-order valence-corrected chi connectivity index (χ4v) is 1.78. The molecule has 0 aromatic heterocycles. The van der Waals surface area contributed by atoms with Gasteiger partial charge in [-0.3, -0.25) is 10.1 Å². The van der Waals surface area contributed by atoms with Crippen molar-refractivity contribution in [3.63, 3.8) is 0 Å². The number of aryl methyl sites for hydroxylation is 1. The highest BCUT2D eigenvalue weighted by Gasteiger charge is 2.19. The number of hydrogen-bond acceptors (Lipinski definition) is 3. The van der Waals surface area contributed by atoms with Crippen molar-refractivity contribution >= 4 is 17.1 Å². The van der Waals surface area contributed by atoms with Crippen molar-refractivity contribution in [2.75, 3.05) is 5.32 Å². The van der Waals surface area contributed by atoms with Crippen LogP contribution >= 0.6 is 0 Å². The van der Waals surface area contributed by atoms with Crippen LogP contribution in [0.15, 0.2) is 42.5 Å². The Balaban J connectivity index is 2.32. The Hall–Kier alpha value is -2.43. The minimum Gasteiger partial charge on any atom is -0.350 e. The molecule has 0 atom stereocenters. The molecule has 0 spiro atoms. The molecule has 0 heterocycles. The number of anilines is 2. The first kappa shape index (κ1) is 13.0. The lowest BCUT2D eigenvalue weighted by atomic mass is 10.1. The second kappa shape index (κ2) is 5.48. The van der Waals surface area contributed by atoms with Gasteiger partial charge >= 0.3 is 5.69 Å². The number of halogens is 1. The van der Waals surface area contributed by atoms with Crippen molar-refractivity contribution in [1.82, 2.24) is 0 Å². The first-order valence-electron chi connectivity index (χ1n) is 5.90. The van der Waals surface area contributed by atoms with Crippen LogP contribution in [0.1, 0.15) is 12.5 Å². The van der Waals surface area contributed by atoms with Gasteiger partial charge in [-0.2, -0.15) is 4.39 Å². The molecule has 4 nitrogen and oxygen atoms in total. The maximum Gasteiger partial charge on any atom is 0.327 e. The highest BCUT2D eigenvalue weighted by atomic mass is 19.1. The fourth-order valence-electron chi connectivity index (χ4n) is 1.78. The fraction of sp³-hybridized carbons (Fsp3) is 0.143. The Morgan fingerprint density at radius 1 is 1.21 bits per heavy atom. The Bertz CT molecular complexity index is 597. The van der Waals surface area contributed by atoms with E-state index in [4.69, 9.17) is 0 Å². The van der Waals surface area contributed by atoms with Gasteiger partial charge in [-0.15, -0.1) is 0 Å². The van der Waals surface area contributed by atoms with Crippen LogP contribution in [-0.4, -0.2) is 4.92 Å². The van der Waals surface area contributed by atoms with E-state index >= 15 is 0 Å². The third-order valence-corrected chi connectivity index (χ3v) is 2.81. The van der Waals surface area contributed by atoms with Gasteiger partial charge in [0.25, 0.3) is 0 Å². The van der Waals surface area contributed by atoms with Crippen molar-refractivity contribution in [2.45, 2.75) is 13.3 Å². The van der Waals surface area contributed by atoms with Crippen LogP contribution in [0.25, 0.3) is 0 Å². The number of nitro groups is 1. The van der Waals surface area contributed by atoms with E-state index < -0.39 is 16.4 Å². The number of para-hydroxylation sites is 1. The second-order valence-electron chi connectivity index (χ2n) is 4.07. The molecule has 19 heavy (non-hydrogen) atoms. The molecule has 2 aromatic rings. The summed E-state index contributed by atoms with van der Waals surface area (Å²) in [6, 6.07) is 11.5. The molecule has 0 bridgehead atoms. The molecule has 0 radical (unpaired) electrons. The zero-order chi connectivity index (χ0) is 13.8. The minimum atomic E-state index is -0.847. The maximum absolute atomic E-state index is 13.4. The van der Waals surface area contributed by atoms with Gasteiger partial charge in [0, 0.05) is 5.69 Å². The standard InChI is InChI=1S/C14H13FN2O2/c1-2-10-6-8-11(9-7-10)16-13-5-3-4-12(15)14(13)17(18)19/h3-9,16H,2H2,1H3.